The zero-order valence-corrected chi connectivity index (χ0v) is 15.2. The number of benzene rings is 1. The number of nitrogens with zero attached hydrogens (tertiary/aromatic N) is 4. The van der Waals surface area contributed by atoms with Crippen molar-refractivity contribution in [2.24, 2.45) is 7.05 Å². The molecule has 0 radical (unpaired) electrons. The van der Waals surface area contributed by atoms with E-state index >= 15 is 0 Å². The predicted octanol–water partition coefficient (Wildman–Crippen LogP) is 1.83. The van der Waals surface area contributed by atoms with Gasteiger partial charge < -0.3 is 14.4 Å². The third-order valence-corrected chi connectivity index (χ3v) is 4.91. The molecule has 2 heterocycles. The maximum Gasteiger partial charge on any atom is 0.135 e. The van der Waals surface area contributed by atoms with Gasteiger partial charge in [0.2, 0.25) is 0 Å². The van der Waals surface area contributed by atoms with Crippen molar-refractivity contribution in [3.8, 4) is 5.75 Å². The van der Waals surface area contributed by atoms with E-state index in [0.29, 0.717) is 19.6 Å². The SMILES string of the molecule is CCc1cccc(OCCN2CCCC(O)(Cc3nncn3C)C2)c1. The molecule has 1 N–H and O–H groups in total. The second-order valence-electron chi connectivity index (χ2n) is 6.99. The van der Waals surface area contributed by atoms with Crippen LogP contribution in [0.15, 0.2) is 30.6 Å². The molecule has 6 heteroatoms. The summed E-state index contributed by atoms with van der Waals surface area (Å²) in [6, 6.07) is 8.25. The highest BCUT2D eigenvalue weighted by molar-refractivity contribution is 5.28. The molecule has 1 aliphatic heterocycles. The molecule has 0 spiro atoms. The molecule has 0 bridgehead atoms. The smallest absolute Gasteiger partial charge is 0.135 e. The molecule has 1 unspecified atom stereocenters. The Hall–Kier alpha value is -1.92. The van der Waals surface area contributed by atoms with Crippen molar-refractivity contribution in [3.05, 3.63) is 42.0 Å². The van der Waals surface area contributed by atoms with Crippen LogP contribution in [0.1, 0.15) is 31.2 Å². The Balaban J connectivity index is 1.50. The van der Waals surface area contributed by atoms with Gasteiger partial charge in [-0.05, 0) is 43.5 Å². The average Bonchev–Trinajstić information content (AvgIpc) is 2.99. The maximum absolute atomic E-state index is 11.0. The van der Waals surface area contributed by atoms with Crippen LogP contribution >= 0.6 is 0 Å². The van der Waals surface area contributed by atoms with Crippen LogP contribution in [0.3, 0.4) is 0 Å². The zero-order valence-electron chi connectivity index (χ0n) is 15.2. The van der Waals surface area contributed by atoms with Gasteiger partial charge in [0, 0.05) is 26.6 Å². The van der Waals surface area contributed by atoms with Gasteiger partial charge in [0.25, 0.3) is 0 Å². The Morgan fingerprint density at radius 1 is 1.36 bits per heavy atom. The first-order valence-corrected chi connectivity index (χ1v) is 9.07. The number of ether oxygens (including phenoxy) is 1. The Morgan fingerprint density at radius 3 is 3.00 bits per heavy atom. The van der Waals surface area contributed by atoms with Gasteiger partial charge in [0.1, 0.15) is 24.5 Å². The molecular formula is C19H28N4O2. The first kappa shape index (κ1) is 17.9. The maximum atomic E-state index is 11.0. The lowest BCUT2D eigenvalue weighted by Crippen LogP contribution is -2.50. The summed E-state index contributed by atoms with van der Waals surface area (Å²) in [4.78, 5) is 2.28. The van der Waals surface area contributed by atoms with Crippen LogP contribution in [0.2, 0.25) is 0 Å². The molecular weight excluding hydrogens is 316 g/mol. The summed E-state index contributed by atoms with van der Waals surface area (Å²) in [5.74, 6) is 1.75. The van der Waals surface area contributed by atoms with Gasteiger partial charge in [-0.3, -0.25) is 4.90 Å². The third-order valence-electron chi connectivity index (χ3n) is 4.91. The zero-order chi connectivity index (χ0) is 17.7. The molecule has 6 nitrogen and oxygen atoms in total. The molecule has 0 amide bonds. The molecule has 1 aromatic heterocycles. The summed E-state index contributed by atoms with van der Waals surface area (Å²) in [7, 11) is 1.91. The Labute approximate surface area is 149 Å². The minimum atomic E-state index is -0.735. The molecule has 3 rings (SSSR count). The number of aromatic nitrogens is 3. The molecule has 136 valence electrons. The van der Waals surface area contributed by atoms with Crippen molar-refractivity contribution in [2.45, 2.75) is 38.2 Å². The second-order valence-corrected chi connectivity index (χ2v) is 6.99. The van der Waals surface area contributed by atoms with Crippen molar-refractivity contribution in [3.63, 3.8) is 0 Å². The van der Waals surface area contributed by atoms with E-state index in [0.717, 1.165) is 43.9 Å². The van der Waals surface area contributed by atoms with Crippen molar-refractivity contribution in [1.82, 2.24) is 19.7 Å². The Bertz CT molecular complexity index is 688. The number of hydrogen-bond acceptors (Lipinski definition) is 5. The third kappa shape index (κ3) is 4.80. The molecule has 0 aliphatic carbocycles. The summed E-state index contributed by atoms with van der Waals surface area (Å²) >= 11 is 0. The summed E-state index contributed by atoms with van der Waals surface area (Å²) in [5.41, 5.74) is 0.551. The fourth-order valence-electron chi connectivity index (χ4n) is 3.45. The van der Waals surface area contributed by atoms with Crippen molar-refractivity contribution >= 4 is 0 Å². The minimum absolute atomic E-state index is 0.541. The average molecular weight is 344 g/mol. The van der Waals surface area contributed by atoms with Gasteiger partial charge in [0.05, 0.1) is 5.60 Å². The first-order chi connectivity index (χ1) is 12.1. The number of rotatable bonds is 7. The molecule has 0 saturated carbocycles. The van der Waals surface area contributed by atoms with Gasteiger partial charge in [-0.1, -0.05) is 19.1 Å². The van der Waals surface area contributed by atoms with Crippen molar-refractivity contribution in [1.29, 1.82) is 0 Å². The number of piperidine rings is 1. The van der Waals surface area contributed by atoms with Crippen LogP contribution in [0.5, 0.6) is 5.75 Å². The topological polar surface area (TPSA) is 63.4 Å². The van der Waals surface area contributed by atoms with Gasteiger partial charge in [-0.2, -0.15) is 0 Å². The lowest BCUT2D eigenvalue weighted by atomic mass is 9.89. The van der Waals surface area contributed by atoms with Gasteiger partial charge in [-0.25, -0.2) is 0 Å². The van der Waals surface area contributed by atoms with E-state index < -0.39 is 5.60 Å². The van der Waals surface area contributed by atoms with E-state index in [-0.39, 0.29) is 0 Å². The minimum Gasteiger partial charge on any atom is -0.492 e. The molecule has 2 aromatic rings. The van der Waals surface area contributed by atoms with Crippen LogP contribution in [0, 0.1) is 0 Å². The van der Waals surface area contributed by atoms with E-state index in [2.05, 4.69) is 34.2 Å². The second kappa shape index (κ2) is 7.97. The van der Waals surface area contributed by atoms with Crippen LogP contribution in [0.4, 0.5) is 0 Å². The van der Waals surface area contributed by atoms with Crippen molar-refractivity contribution in [2.75, 3.05) is 26.2 Å². The van der Waals surface area contributed by atoms with Gasteiger partial charge in [-0.15, -0.1) is 10.2 Å². The standard InChI is InChI=1S/C19H28N4O2/c1-3-16-6-4-7-17(12-16)25-11-10-23-9-5-8-19(24,14-23)13-18-21-20-15-22(18)2/h4,6-7,12,15,24H,3,5,8-11,13-14H2,1-2H3. The van der Waals surface area contributed by atoms with E-state index in [9.17, 15) is 5.11 Å². The predicted molar refractivity (Wildman–Crippen MR) is 96.6 cm³/mol. The van der Waals surface area contributed by atoms with Crippen LogP contribution in [0.25, 0.3) is 0 Å². The molecule has 25 heavy (non-hydrogen) atoms. The molecule has 1 aromatic carbocycles. The summed E-state index contributed by atoms with van der Waals surface area (Å²) in [6.45, 7) is 5.24. The fraction of sp³-hybridized carbons (Fsp3) is 0.579. The van der Waals surface area contributed by atoms with E-state index in [1.807, 2.05) is 23.7 Å². The number of β-amino-alcohol motifs (C(OH)–C–C–N with tert-alkyl or cyclic N) is 1. The number of hydrogen-bond donors (Lipinski definition) is 1. The van der Waals surface area contributed by atoms with Gasteiger partial charge in [0.15, 0.2) is 0 Å². The number of aryl methyl sites for hydroxylation is 2. The molecule has 1 atom stereocenters. The van der Waals surface area contributed by atoms with E-state index in [1.54, 1.807) is 6.33 Å². The molecule has 1 saturated heterocycles. The van der Waals surface area contributed by atoms with Crippen LogP contribution < -0.4 is 4.74 Å². The Morgan fingerprint density at radius 2 is 2.24 bits per heavy atom. The molecule has 1 fully saturated rings. The van der Waals surface area contributed by atoms with Gasteiger partial charge >= 0.3 is 0 Å². The number of likely N-dealkylation sites (tertiary alicyclic amines) is 1. The normalized spacial score (nSPS) is 21.4. The fourth-order valence-corrected chi connectivity index (χ4v) is 3.45. The van der Waals surface area contributed by atoms with E-state index in [1.165, 1.54) is 5.56 Å². The highest BCUT2D eigenvalue weighted by atomic mass is 16.5. The highest BCUT2D eigenvalue weighted by Gasteiger charge is 2.34. The quantitative estimate of drug-likeness (QED) is 0.830. The lowest BCUT2D eigenvalue weighted by molar-refractivity contribution is -0.0344. The van der Waals surface area contributed by atoms with Crippen molar-refractivity contribution < 1.29 is 9.84 Å². The summed E-state index contributed by atoms with van der Waals surface area (Å²) in [5, 5.41) is 19.0. The highest BCUT2D eigenvalue weighted by Crippen LogP contribution is 2.24. The monoisotopic (exact) mass is 344 g/mol. The van der Waals surface area contributed by atoms with Crippen LogP contribution in [-0.2, 0) is 19.9 Å². The molecule has 1 aliphatic rings. The lowest BCUT2D eigenvalue weighted by Gasteiger charge is -2.39. The number of aliphatic hydroxyl groups is 1. The Kier molecular flexibility index (Phi) is 5.71. The summed E-state index contributed by atoms with van der Waals surface area (Å²) < 4.78 is 7.77. The first-order valence-electron chi connectivity index (χ1n) is 9.07. The van der Waals surface area contributed by atoms with E-state index in [4.69, 9.17) is 4.74 Å². The summed E-state index contributed by atoms with van der Waals surface area (Å²) in [6.07, 6.45) is 5.02. The largest absolute Gasteiger partial charge is 0.492 e. The van der Waals surface area contributed by atoms with Crippen LogP contribution in [-0.4, -0.2) is 56.6 Å².